The van der Waals surface area contributed by atoms with E-state index in [0.29, 0.717) is 11.5 Å². The first-order valence-electron chi connectivity index (χ1n) is 6.94. The van der Waals surface area contributed by atoms with Crippen LogP contribution >= 0.6 is 0 Å². The molecule has 3 nitrogen and oxygen atoms in total. The van der Waals surface area contributed by atoms with E-state index in [1.165, 1.54) is 25.7 Å². The number of rotatable bonds is 3. The molecule has 1 saturated carbocycles. The lowest BCUT2D eigenvalue weighted by Crippen LogP contribution is -2.50. The Labute approximate surface area is 105 Å². The molecule has 2 aliphatic rings. The molecule has 4 heteroatoms. The van der Waals surface area contributed by atoms with Crippen molar-refractivity contribution in [3.63, 3.8) is 0 Å². The van der Waals surface area contributed by atoms with Crippen molar-refractivity contribution in [2.45, 2.75) is 57.4 Å². The van der Waals surface area contributed by atoms with Gasteiger partial charge in [0.25, 0.3) is 0 Å². The summed E-state index contributed by atoms with van der Waals surface area (Å²) in [5.41, 5.74) is 6.29. The second kappa shape index (κ2) is 4.88. The molecular formula is C13H25NO2S. The van der Waals surface area contributed by atoms with Gasteiger partial charge in [0.15, 0.2) is 9.84 Å². The summed E-state index contributed by atoms with van der Waals surface area (Å²) in [7, 11) is -2.79. The minimum absolute atomic E-state index is 0.187. The van der Waals surface area contributed by atoms with Crippen LogP contribution in [0.2, 0.25) is 0 Å². The smallest absolute Gasteiger partial charge is 0.150 e. The van der Waals surface area contributed by atoms with Crippen LogP contribution in [0.1, 0.15) is 51.9 Å². The molecule has 0 bridgehead atoms. The molecule has 100 valence electrons. The van der Waals surface area contributed by atoms with Crippen molar-refractivity contribution in [2.75, 3.05) is 11.5 Å². The molecular weight excluding hydrogens is 234 g/mol. The van der Waals surface area contributed by atoms with Gasteiger partial charge in [-0.25, -0.2) is 8.42 Å². The van der Waals surface area contributed by atoms with E-state index < -0.39 is 9.84 Å². The molecule has 1 aliphatic heterocycles. The SMILES string of the molecule is CCCC1CCC(N)(C2CCS(=O)(=O)C2)CC1. The van der Waals surface area contributed by atoms with E-state index in [0.717, 1.165) is 25.2 Å². The van der Waals surface area contributed by atoms with E-state index in [2.05, 4.69) is 6.92 Å². The monoisotopic (exact) mass is 259 g/mol. The standard InChI is InChI=1S/C13H25NO2S/c1-2-3-11-4-7-13(14,8-5-11)12-6-9-17(15,16)10-12/h11-12H,2-10,14H2,1H3. The topological polar surface area (TPSA) is 60.2 Å². The average molecular weight is 259 g/mol. The highest BCUT2D eigenvalue weighted by atomic mass is 32.2. The minimum Gasteiger partial charge on any atom is -0.325 e. The number of hydrogen-bond acceptors (Lipinski definition) is 3. The summed E-state index contributed by atoms with van der Waals surface area (Å²) in [5, 5.41) is 0. The summed E-state index contributed by atoms with van der Waals surface area (Å²) in [5.74, 6) is 1.74. The molecule has 1 unspecified atom stereocenters. The average Bonchev–Trinajstić information content (AvgIpc) is 2.64. The third kappa shape index (κ3) is 3.02. The molecule has 0 aromatic heterocycles. The summed E-state index contributed by atoms with van der Waals surface area (Å²) >= 11 is 0. The van der Waals surface area contributed by atoms with Gasteiger partial charge in [-0.2, -0.15) is 0 Å². The highest BCUT2D eigenvalue weighted by Gasteiger charge is 2.43. The van der Waals surface area contributed by atoms with Crippen molar-refractivity contribution in [3.8, 4) is 0 Å². The van der Waals surface area contributed by atoms with Crippen molar-refractivity contribution in [3.05, 3.63) is 0 Å². The molecule has 0 radical (unpaired) electrons. The maximum atomic E-state index is 11.5. The Morgan fingerprint density at radius 1 is 1.24 bits per heavy atom. The van der Waals surface area contributed by atoms with Crippen LogP contribution < -0.4 is 5.73 Å². The predicted octanol–water partition coefficient (Wildman–Crippen LogP) is 2.11. The molecule has 1 saturated heterocycles. The zero-order valence-corrected chi connectivity index (χ0v) is 11.6. The lowest BCUT2D eigenvalue weighted by molar-refractivity contribution is 0.168. The summed E-state index contributed by atoms with van der Waals surface area (Å²) in [6, 6.07) is 0. The Hall–Kier alpha value is -0.0900. The van der Waals surface area contributed by atoms with Gasteiger partial charge in [-0.3, -0.25) is 0 Å². The van der Waals surface area contributed by atoms with E-state index in [-0.39, 0.29) is 11.5 Å². The van der Waals surface area contributed by atoms with E-state index in [1.54, 1.807) is 0 Å². The Morgan fingerprint density at radius 2 is 1.88 bits per heavy atom. The van der Waals surface area contributed by atoms with E-state index in [4.69, 9.17) is 5.73 Å². The molecule has 17 heavy (non-hydrogen) atoms. The minimum atomic E-state index is -2.79. The van der Waals surface area contributed by atoms with Crippen molar-refractivity contribution < 1.29 is 8.42 Å². The number of sulfone groups is 1. The Morgan fingerprint density at radius 3 is 2.35 bits per heavy atom. The molecule has 2 rings (SSSR count). The van der Waals surface area contributed by atoms with Crippen LogP contribution in [-0.4, -0.2) is 25.5 Å². The van der Waals surface area contributed by atoms with Gasteiger partial charge in [-0.15, -0.1) is 0 Å². The van der Waals surface area contributed by atoms with Crippen LogP contribution in [0.25, 0.3) is 0 Å². The zero-order valence-electron chi connectivity index (χ0n) is 10.8. The second-order valence-corrected chi connectivity index (χ2v) is 8.29. The normalized spacial score (nSPS) is 41.5. The van der Waals surface area contributed by atoms with Crippen molar-refractivity contribution in [2.24, 2.45) is 17.6 Å². The van der Waals surface area contributed by atoms with Crippen molar-refractivity contribution in [1.82, 2.24) is 0 Å². The molecule has 1 atom stereocenters. The highest BCUT2D eigenvalue weighted by Crippen LogP contribution is 2.40. The first-order valence-corrected chi connectivity index (χ1v) is 8.76. The second-order valence-electron chi connectivity index (χ2n) is 6.07. The fraction of sp³-hybridized carbons (Fsp3) is 1.00. The summed E-state index contributed by atoms with van der Waals surface area (Å²) in [6.45, 7) is 2.23. The van der Waals surface area contributed by atoms with Gasteiger partial charge >= 0.3 is 0 Å². The molecule has 2 N–H and O–H groups in total. The Balaban J connectivity index is 1.94. The van der Waals surface area contributed by atoms with Crippen molar-refractivity contribution >= 4 is 9.84 Å². The molecule has 1 aliphatic carbocycles. The van der Waals surface area contributed by atoms with Gasteiger partial charge in [0, 0.05) is 5.54 Å². The Bertz CT molecular complexity index is 356. The van der Waals surface area contributed by atoms with Crippen LogP contribution in [0.3, 0.4) is 0 Å². The van der Waals surface area contributed by atoms with E-state index in [9.17, 15) is 8.42 Å². The molecule has 0 spiro atoms. The lowest BCUT2D eigenvalue weighted by Gasteiger charge is -2.41. The summed E-state index contributed by atoms with van der Waals surface area (Å²) in [4.78, 5) is 0. The predicted molar refractivity (Wildman–Crippen MR) is 70.5 cm³/mol. The van der Waals surface area contributed by atoms with E-state index in [1.807, 2.05) is 0 Å². The van der Waals surface area contributed by atoms with Gasteiger partial charge in [0.05, 0.1) is 11.5 Å². The van der Waals surface area contributed by atoms with Crippen LogP contribution in [0.4, 0.5) is 0 Å². The fourth-order valence-electron chi connectivity index (χ4n) is 3.57. The quantitative estimate of drug-likeness (QED) is 0.844. The number of hydrogen-bond donors (Lipinski definition) is 1. The van der Waals surface area contributed by atoms with Crippen LogP contribution in [0.15, 0.2) is 0 Å². The van der Waals surface area contributed by atoms with Crippen LogP contribution in [0.5, 0.6) is 0 Å². The van der Waals surface area contributed by atoms with Crippen molar-refractivity contribution in [1.29, 1.82) is 0 Å². The summed E-state index contributed by atoms with van der Waals surface area (Å²) in [6.07, 6.45) is 7.79. The lowest BCUT2D eigenvalue weighted by atomic mass is 9.69. The third-order valence-electron chi connectivity index (χ3n) is 4.78. The maximum absolute atomic E-state index is 11.5. The van der Waals surface area contributed by atoms with Gasteiger partial charge in [0.2, 0.25) is 0 Å². The largest absolute Gasteiger partial charge is 0.325 e. The van der Waals surface area contributed by atoms with Gasteiger partial charge in [-0.1, -0.05) is 19.8 Å². The maximum Gasteiger partial charge on any atom is 0.150 e. The molecule has 1 heterocycles. The Kier molecular flexibility index (Phi) is 3.83. The first kappa shape index (κ1) is 13.3. The molecule has 0 amide bonds. The van der Waals surface area contributed by atoms with Crippen LogP contribution in [-0.2, 0) is 9.84 Å². The van der Waals surface area contributed by atoms with E-state index >= 15 is 0 Å². The third-order valence-corrected chi connectivity index (χ3v) is 6.55. The zero-order chi connectivity index (χ0) is 12.5. The first-order chi connectivity index (χ1) is 7.95. The number of nitrogens with two attached hydrogens (primary N) is 1. The van der Waals surface area contributed by atoms with Gasteiger partial charge in [0.1, 0.15) is 0 Å². The highest BCUT2D eigenvalue weighted by molar-refractivity contribution is 7.91. The van der Waals surface area contributed by atoms with Gasteiger partial charge in [-0.05, 0) is 43.9 Å². The molecule has 2 fully saturated rings. The van der Waals surface area contributed by atoms with Crippen LogP contribution in [0, 0.1) is 11.8 Å². The molecule has 0 aromatic rings. The fourth-order valence-corrected chi connectivity index (χ4v) is 5.49. The van der Waals surface area contributed by atoms with Gasteiger partial charge < -0.3 is 5.73 Å². The molecule has 0 aromatic carbocycles. The summed E-state index contributed by atoms with van der Waals surface area (Å²) < 4.78 is 23.1.